The van der Waals surface area contributed by atoms with E-state index in [0.29, 0.717) is 25.9 Å². The number of aryl methyl sites for hydroxylation is 1. The maximum atomic E-state index is 13.8. The fourth-order valence-electron chi connectivity index (χ4n) is 5.15. The monoisotopic (exact) mass is 498 g/mol. The summed E-state index contributed by atoms with van der Waals surface area (Å²) in [5.74, 6) is 1.40. The van der Waals surface area contributed by atoms with Crippen molar-refractivity contribution in [2.75, 3.05) is 6.79 Å². The van der Waals surface area contributed by atoms with E-state index in [4.69, 9.17) is 26.1 Å². The second-order valence-electron chi connectivity index (χ2n) is 8.75. The van der Waals surface area contributed by atoms with Crippen molar-refractivity contribution in [1.29, 1.82) is 0 Å². The molecule has 3 aromatic carbocycles. The van der Waals surface area contributed by atoms with Gasteiger partial charge in [-0.15, -0.1) is 0 Å². The maximum absolute atomic E-state index is 13.8. The molecule has 3 aliphatic rings. The number of hydrogen-bond acceptors (Lipinski definition) is 5. The lowest BCUT2D eigenvalue weighted by Crippen LogP contribution is -2.38. The van der Waals surface area contributed by atoms with Crippen molar-refractivity contribution >= 4 is 34.7 Å². The number of halogens is 1. The van der Waals surface area contributed by atoms with Crippen LogP contribution in [-0.4, -0.2) is 11.4 Å². The van der Waals surface area contributed by atoms with Crippen molar-refractivity contribution in [2.24, 2.45) is 4.99 Å². The van der Waals surface area contributed by atoms with E-state index in [1.807, 2.05) is 59.2 Å². The molecule has 1 aliphatic carbocycles. The average Bonchev–Trinajstić information content (AvgIpc) is 3.47. The van der Waals surface area contributed by atoms with Gasteiger partial charge in [0.2, 0.25) is 6.79 Å². The zero-order valence-corrected chi connectivity index (χ0v) is 20.1. The Hall–Kier alpha value is -3.61. The van der Waals surface area contributed by atoms with Crippen molar-refractivity contribution in [3.05, 3.63) is 119 Å². The summed E-state index contributed by atoms with van der Waals surface area (Å²) < 4.78 is 13.4. The molecule has 5 nitrogen and oxygen atoms in total. The number of fused-ring (bicyclic) bond motifs is 4. The van der Waals surface area contributed by atoms with Crippen LogP contribution in [0.5, 0.6) is 11.5 Å². The Morgan fingerprint density at radius 2 is 1.83 bits per heavy atom. The normalized spacial score (nSPS) is 18.1. The van der Waals surface area contributed by atoms with E-state index in [9.17, 15) is 4.79 Å². The van der Waals surface area contributed by atoms with Gasteiger partial charge in [0.05, 0.1) is 16.3 Å². The lowest BCUT2D eigenvalue weighted by atomic mass is 9.83. The van der Waals surface area contributed by atoms with Crippen LogP contribution in [0.2, 0.25) is 5.02 Å². The second kappa shape index (κ2) is 7.97. The van der Waals surface area contributed by atoms with Crippen LogP contribution in [0.4, 0.5) is 0 Å². The second-order valence-corrected chi connectivity index (χ2v) is 10.2. The molecule has 0 N–H and O–H groups in total. The molecular formula is C28H19ClN2O3S. The zero-order valence-electron chi connectivity index (χ0n) is 18.5. The third-order valence-electron chi connectivity index (χ3n) is 6.77. The van der Waals surface area contributed by atoms with Gasteiger partial charge in [0.25, 0.3) is 5.56 Å². The van der Waals surface area contributed by atoms with E-state index in [1.165, 1.54) is 16.9 Å². The lowest BCUT2D eigenvalue weighted by Gasteiger charge is -2.31. The molecule has 1 unspecified atom stereocenters. The summed E-state index contributed by atoms with van der Waals surface area (Å²) >= 11 is 8.10. The molecule has 7 rings (SSSR count). The molecule has 4 aromatic rings. The van der Waals surface area contributed by atoms with Crippen LogP contribution >= 0.6 is 22.9 Å². The fourth-order valence-corrected chi connectivity index (χ4v) is 6.39. The Morgan fingerprint density at radius 1 is 1.00 bits per heavy atom. The summed E-state index contributed by atoms with van der Waals surface area (Å²) in [7, 11) is 0. The van der Waals surface area contributed by atoms with E-state index in [0.717, 1.165) is 40.8 Å². The van der Waals surface area contributed by atoms with Gasteiger partial charge in [-0.3, -0.25) is 9.36 Å². The third kappa shape index (κ3) is 3.28. The molecule has 0 radical (unpaired) electrons. The highest BCUT2D eigenvalue weighted by molar-refractivity contribution is 7.07. The van der Waals surface area contributed by atoms with Gasteiger partial charge in [0.15, 0.2) is 16.3 Å². The number of benzene rings is 3. The fraction of sp³-hybridized carbons (Fsp3) is 0.143. The van der Waals surface area contributed by atoms with E-state index in [-0.39, 0.29) is 18.4 Å². The summed E-state index contributed by atoms with van der Waals surface area (Å²) in [6, 6.07) is 21.6. The van der Waals surface area contributed by atoms with Crippen LogP contribution in [0, 0.1) is 0 Å². The molecule has 0 amide bonds. The summed E-state index contributed by atoms with van der Waals surface area (Å²) in [6.45, 7) is 0.214. The number of aromatic nitrogens is 1. The van der Waals surface area contributed by atoms with Crippen molar-refractivity contribution in [2.45, 2.75) is 18.9 Å². The Balaban J connectivity index is 1.48. The number of thiazole rings is 1. The van der Waals surface area contributed by atoms with Gasteiger partial charge in [0, 0.05) is 10.6 Å². The van der Waals surface area contributed by atoms with Crippen LogP contribution in [0.3, 0.4) is 0 Å². The Labute approximate surface area is 209 Å². The van der Waals surface area contributed by atoms with E-state index < -0.39 is 0 Å². The third-order valence-corrected chi connectivity index (χ3v) is 8.09. The molecule has 0 bridgehead atoms. The molecule has 1 aromatic heterocycles. The highest BCUT2D eigenvalue weighted by Crippen LogP contribution is 2.42. The first-order valence-corrected chi connectivity index (χ1v) is 12.6. The molecule has 3 heterocycles. The Bertz CT molecular complexity index is 1730. The van der Waals surface area contributed by atoms with E-state index in [2.05, 4.69) is 18.2 Å². The highest BCUT2D eigenvalue weighted by atomic mass is 35.5. The molecule has 1 atom stereocenters. The minimum atomic E-state index is -0.290. The first kappa shape index (κ1) is 20.7. The van der Waals surface area contributed by atoms with E-state index in [1.54, 1.807) is 0 Å². The topological polar surface area (TPSA) is 52.8 Å². The van der Waals surface area contributed by atoms with Crippen LogP contribution in [0.15, 0.2) is 82.1 Å². The molecule has 2 aliphatic heterocycles. The number of hydrogen-bond donors (Lipinski definition) is 0. The summed E-state index contributed by atoms with van der Waals surface area (Å²) in [5.41, 5.74) is 6.26. The highest BCUT2D eigenvalue weighted by Gasteiger charge is 2.33. The SMILES string of the molecule is O=c1c(=Cc2ccc3c(c2)OCO3)sc2n1C(c1ccccc1Cl)C1=C(N=2)c2ccccc2CC1. The standard InChI is InChI=1S/C28H19ClN2O3S/c29-21-8-4-3-7-19(21)26-20-11-10-17-5-1-2-6-18(17)25(20)30-28-31(26)27(32)24(35-28)14-16-9-12-22-23(13-16)34-15-33-22/h1-9,12-14,26H,10-11,15H2. The minimum absolute atomic E-state index is 0.0678. The van der Waals surface area contributed by atoms with Gasteiger partial charge in [-0.05, 0) is 59.4 Å². The zero-order chi connectivity index (χ0) is 23.5. The Morgan fingerprint density at radius 3 is 2.74 bits per heavy atom. The summed E-state index contributed by atoms with van der Waals surface area (Å²) in [4.78, 5) is 19.6. The average molecular weight is 499 g/mol. The molecule has 0 fully saturated rings. The van der Waals surface area contributed by atoms with Gasteiger partial charge in [-0.25, -0.2) is 4.99 Å². The van der Waals surface area contributed by atoms with Crippen LogP contribution in [0.25, 0.3) is 11.8 Å². The van der Waals surface area contributed by atoms with Crippen molar-refractivity contribution in [3.63, 3.8) is 0 Å². The molecule has 0 saturated carbocycles. The van der Waals surface area contributed by atoms with Gasteiger partial charge >= 0.3 is 0 Å². The maximum Gasteiger partial charge on any atom is 0.271 e. The minimum Gasteiger partial charge on any atom is -0.454 e. The Kier molecular flexibility index (Phi) is 4.72. The quantitative estimate of drug-likeness (QED) is 0.402. The predicted molar refractivity (Wildman–Crippen MR) is 137 cm³/mol. The van der Waals surface area contributed by atoms with Crippen LogP contribution in [-0.2, 0) is 6.42 Å². The smallest absolute Gasteiger partial charge is 0.271 e. The van der Waals surface area contributed by atoms with Crippen molar-refractivity contribution < 1.29 is 9.47 Å². The van der Waals surface area contributed by atoms with Crippen molar-refractivity contribution in [1.82, 2.24) is 4.57 Å². The summed E-state index contributed by atoms with van der Waals surface area (Å²) in [6.07, 6.45) is 3.64. The largest absolute Gasteiger partial charge is 0.454 e. The predicted octanol–water partition coefficient (Wildman–Crippen LogP) is 4.70. The van der Waals surface area contributed by atoms with Crippen molar-refractivity contribution in [3.8, 4) is 11.5 Å². The number of allylic oxidation sites excluding steroid dienone is 1. The first-order valence-electron chi connectivity index (χ1n) is 11.4. The van der Waals surface area contributed by atoms with Gasteiger partial charge in [0.1, 0.15) is 0 Å². The molecule has 35 heavy (non-hydrogen) atoms. The molecule has 7 heteroatoms. The van der Waals surface area contributed by atoms with E-state index >= 15 is 0 Å². The first-order chi connectivity index (χ1) is 17.2. The number of rotatable bonds is 2. The summed E-state index contributed by atoms with van der Waals surface area (Å²) in [5, 5.41) is 0.649. The molecule has 0 spiro atoms. The molecule has 172 valence electrons. The van der Waals surface area contributed by atoms with Gasteiger partial charge in [-0.2, -0.15) is 0 Å². The number of nitrogens with zero attached hydrogens (tertiary/aromatic N) is 2. The van der Waals surface area contributed by atoms with Gasteiger partial charge in [-0.1, -0.05) is 71.5 Å². The van der Waals surface area contributed by atoms with Gasteiger partial charge < -0.3 is 9.47 Å². The lowest BCUT2D eigenvalue weighted by molar-refractivity contribution is 0.174. The number of ether oxygens (including phenoxy) is 2. The van der Waals surface area contributed by atoms with Crippen LogP contribution in [0.1, 0.15) is 34.7 Å². The van der Waals surface area contributed by atoms with Crippen LogP contribution < -0.4 is 24.4 Å². The molecular weight excluding hydrogens is 480 g/mol. The molecule has 0 saturated heterocycles.